The number of rotatable bonds is 4. The van der Waals surface area contributed by atoms with Crippen LogP contribution in [-0.4, -0.2) is 30.8 Å². The predicted molar refractivity (Wildman–Crippen MR) is 61.7 cm³/mol. The van der Waals surface area contributed by atoms with E-state index >= 15 is 0 Å². The van der Waals surface area contributed by atoms with Gasteiger partial charge in [0.2, 0.25) is 15.5 Å². The maximum Gasteiger partial charge on any atom is 0.248 e. The standard InChI is InChI=1S/C10H13N3O3S/c1-8(3-5-11)13(2)17(15,16)10-7-12-6-4-9(10)14/h4,6-8H,3H2,1-2H3,(H,12,14). The van der Waals surface area contributed by atoms with E-state index in [1.807, 2.05) is 6.07 Å². The van der Waals surface area contributed by atoms with Crippen molar-refractivity contribution in [2.45, 2.75) is 24.3 Å². The molecule has 0 aliphatic carbocycles. The van der Waals surface area contributed by atoms with Crippen LogP contribution < -0.4 is 5.43 Å². The van der Waals surface area contributed by atoms with Gasteiger partial charge in [0.15, 0.2) is 0 Å². The van der Waals surface area contributed by atoms with Gasteiger partial charge in [0.1, 0.15) is 4.90 Å². The maximum atomic E-state index is 12.1. The number of aromatic amines is 1. The predicted octanol–water partition coefficient (Wildman–Crippen LogP) is 0.298. The number of H-pyrrole nitrogens is 1. The molecule has 0 fully saturated rings. The van der Waals surface area contributed by atoms with Crippen molar-refractivity contribution in [3.8, 4) is 6.07 Å². The lowest BCUT2D eigenvalue weighted by molar-refractivity contribution is 0.392. The third-order valence-corrected chi connectivity index (χ3v) is 4.45. The Balaban J connectivity index is 3.18. The van der Waals surface area contributed by atoms with Crippen LogP contribution in [0.25, 0.3) is 0 Å². The molecule has 7 heteroatoms. The molecular formula is C10H13N3O3S. The molecule has 0 saturated heterocycles. The smallest absolute Gasteiger partial charge is 0.248 e. The Kier molecular flexibility index (Phi) is 4.04. The lowest BCUT2D eigenvalue weighted by atomic mass is 10.3. The van der Waals surface area contributed by atoms with Crippen molar-refractivity contribution in [3.05, 3.63) is 28.7 Å². The van der Waals surface area contributed by atoms with Crippen molar-refractivity contribution >= 4 is 10.0 Å². The van der Waals surface area contributed by atoms with Gasteiger partial charge < -0.3 is 4.98 Å². The van der Waals surface area contributed by atoms with Gasteiger partial charge in [-0.15, -0.1) is 0 Å². The lowest BCUT2D eigenvalue weighted by Crippen LogP contribution is -2.37. The number of nitriles is 1. The number of pyridine rings is 1. The second-order valence-electron chi connectivity index (χ2n) is 3.61. The zero-order valence-corrected chi connectivity index (χ0v) is 10.4. The van der Waals surface area contributed by atoms with Crippen molar-refractivity contribution in [2.24, 2.45) is 0 Å². The van der Waals surface area contributed by atoms with Crippen LogP contribution in [0.5, 0.6) is 0 Å². The summed E-state index contributed by atoms with van der Waals surface area (Å²) in [4.78, 5) is 13.7. The highest BCUT2D eigenvalue weighted by atomic mass is 32.2. The van der Waals surface area contributed by atoms with Crippen LogP contribution in [-0.2, 0) is 10.0 Å². The molecule has 0 aromatic carbocycles. The Morgan fingerprint density at radius 2 is 2.24 bits per heavy atom. The zero-order chi connectivity index (χ0) is 13.1. The normalized spacial score (nSPS) is 13.3. The minimum atomic E-state index is -3.85. The van der Waals surface area contributed by atoms with Gasteiger partial charge in [0.25, 0.3) is 0 Å². The van der Waals surface area contributed by atoms with E-state index in [0.717, 1.165) is 16.6 Å². The summed E-state index contributed by atoms with van der Waals surface area (Å²) >= 11 is 0. The monoisotopic (exact) mass is 255 g/mol. The molecule has 0 spiro atoms. The van der Waals surface area contributed by atoms with Crippen LogP contribution in [0.3, 0.4) is 0 Å². The minimum Gasteiger partial charge on any atom is -0.366 e. The summed E-state index contributed by atoms with van der Waals surface area (Å²) < 4.78 is 25.2. The summed E-state index contributed by atoms with van der Waals surface area (Å²) in [5, 5.41) is 8.54. The van der Waals surface area contributed by atoms with Crippen LogP contribution in [0.4, 0.5) is 0 Å². The summed E-state index contributed by atoms with van der Waals surface area (Å²) in [5.74, 6) is 0. The highest BCUT2D eigenvalue weighted by Crippen LogP contribution is 2.13. The number of hydrogen-bond acceptors (Lipinski definition) is 4. The highest BCUT2D eigenvalue weighted by molar-refractivity contribution is 7.89. The third-order valence-electron chi connectivity index (χ3n) is 2.45. The Hall–Kier alpha value is -1.65. The number of nitrogens with zero attached hydrogens (tertiary/aromatic N) is 2. The number of nitrogens with one attached hydrogen (secondary N) is 1. The molecule has 1 aromatic heterocycles. The second kappa shape index (κ2) is 5.12. The van der Waals surface area contributed by atoms with Gasteiger partial charge in [-0.05, 0) is 6.92 Å². The molecule has 1 rings (SSSR count). The van der Waals surface area contributed by atoms with E-state index in [0.29, 0.717) is 0 Å². The van der Waals surface area contributed by atoms with E-state index in [2.05, 4.69) is 4.98 Å². The van der Waals surface area contributed by atoms with Crippen molar-refractivity contribution in [3.63, 3.8) is 0 Å². The van der Waals surface area contributed by atoms with Gasteiger partial charge in [-0.3, -0.25) is 4.79 Å². The summed E-state index contributed by atoms with van der Waals surface area (Å²) in [7, 11) is -2.50. The fourth-order valence-corrected chi connectivity index (χ4v) is 2.65. The maximum absolute atomic E-state index is 12.1. The molecule has 1 N–H and O–H groups in total. The molecule has 1 heterocycles. The highest BCUT2D eigenvalue weighted by Gasteiger charge is 2.27. The van der Waals surface area contributed by atoms with Gasteiger partial charge in [0, 0.05) is 31.5 Å². The van der Waals surface area contributed by atoms with E-state index in [-0.39, 0.29) is 11.3 Å². The molecule has 1 atom stereocenters. The fraction of sp³-hybridized carbons (Fsp3) is 0.400. The molecule has 0 radical (unpaired) electrons. The van der Waals surface area contributed by atoms with E-state index in [1.54, 1.807) is 6.92 Å². The topological polar surface area (TPSA) is 94.0 Å². The molecule has 1 unspecified atom stereocenters. The second-order valence-corrected chi connectivity index (χ2v) is 5.57. The zero-order valence-electron chi connectivity index (χ0n) is 9.54. The molecule has 0 aliphatic rings. The number of aromatic nitrogens is 1. The van der Waals surface area contributed by atoms with Crippen molar-refractivity contribution < 1.29 is 8.42 Å². The summed E-state index contributed by atoms with van der Waals surface area (Å²) in [6.45, 7) is 1.61. The van der Waals surface area contributed by atoms with Gasteiger partial charge in [-0.25, -0.2) is 8.42 Å². The van der Waals surface area contributed by atoms with Crippen LogP contribution in [0, 0.1) is 11.3 Å². The van der Waals surface area contributed by atoms with Crippen LogP contribution in [0.15, 0.2) is 28.2 Å². The first-order valence-corrected chi connectivity index (χ1v) is 6.37. The summed E-state index contributed by atoms with van der Waals surface area (Å²) in [6.07, 6.45) is 2.58. The summed E-state index contributed by atoms with van der Waals surface area (Å²) in [6, 6.07) is 2.56. The third kappa shape index (κ3) is 2.72. The largest absolute Gasteiger partial charge is 0.366 e. The van der Waals surface area contributed by atoms with Gasteiger partial charge >= 0.3 is 0 Å². The molecule has 0 amide bonds. The van der Waals surface area contributed by atoms with Crippen LogP contribution in [0.2, 0.25) is 0 Å². The number of sulfonamides is 1. The Morgan fingerprint density at radius 1 is 1.59 bits per heavy atom. The Bertz CT molecular complexity index is 585. The SMILES string of the molecule is CC(CC#N)N(C)S(=O)(=O)c1c[nH]ccc1=O. The molecule has 0 saturated carbocycles. The first-order valence-electron chi connectivity index (χ1n) is 4.93. The molecule has 92 valence electrons. The van der Waals surface area contributed by atoms with Gasteiger partial charge in [-0.1, -0.05) is 0 Å². The van der Waals surface area contributed by atoms with Crippen molar-refractivity contribution in [1.29, 1.82) is 5.26 Å². The first-order chi connectivity index (χ1) is 7.91. The molecule has 1 aromatic rings. The Labute approximate surface area is 99.6 Å². The average molecular weight is 255 g/mol. The van der Waals surface area contributed by atoms with E-state index in [1.165, 1.54) is 13.2 Å². The molecule has 17 heavy (non-hydrogen) atoms. The molecule has 6 nitrogen and oxygen atoms in total. The molecule has 0 bridgehead atoms. The van der Waals surface area contributed by atoms with Crippen molar-refractivity contribution in [1.82, 2.24) is 9.29 Å². The lowest BCUT2D eigenvalue weighted by Gasteiger charge is -2.21. The quantitative estimate of drug-likeness (QED) is 0.837. The average Bonchev–Trinajstić information content (AvgIpc) is 2.28. The van der Waals surface area contributed by atoms with Crippen LogP contribution >= 0.6 is 0 Å². The Morgan fingerprint density at radius 3 is 2.76 bits per heavy atom. The molecular weight excluding hydrogens is 242 g/mol. The van der Waals surface area contributed by atoms with Crippen molar-refractivity contribution in [2.75, 3.05) is 7.05 Å². The fourth-order valence-electron chi connectivity index (χ4n) is 1.26. The first kappa shape index (κ1) is 13.4. The minimum absolute atomic E-state index is 0.0699. The van der Waals surface area contributed by atoms with Gasteiger partial charge in [0.05, 0.1) is 12.5 Å². The van der Waals surface area contributed by atoms with Crippen LogP contribution in [0.1, 0.15) is 13.3 Å². The number of hydrogen-bond donors (Lipinski definition) is 1. The van der Waals surface area contributed by atoms with E-state index in [9.17, 15) is 13.2 Å². The van der Waals surface area contributed by atoms with E-state index < -0.39 is 21.5 Å². The molecule has 0 aliphatic heterocycles. The summed E-state index contributed by atoms with van der Waals surface area (Å²) in [5.41, 5.74) is -0.570. The van der Waals surface area contributed by atoms with E-state index in [4.69, 9.17) is 5.26 Å². The van der Waals surface area contributed by atoms with Gasteiger partial charge in [-0.2, -0.15) is 9.57 Å².